The Morgan fingerprint density at radius 3 is 1.94 bits per heavy atom. The van der Waals surface area contributed by atoms with Gasteiger partial charge in [-0.1, -0.05) is 92.7 Å². The summed E-state index contributed by atoms with van der Waals surface area (Å²) >= 11 is 0. The topological polar surface area (TPSA) is 38.9 Å². The van der Waals surface area contributed by atoms with Gasteiger partial charge in [-0.3, -0.25) is 0 Å². The van der Waals surface area contributed by atoms with Crippen molar-refractivity contribution in [3.8, 4) is 22.6 Å². The van der Waals surface area contributed by atoms with Crippen LogP contribution < -0.4 is 0 Å². The lowest BCUT2D eigenvalue weighted by molar-refractivity contribution is 0.402. The van der Waals surface area contributed by atoms with Gasteiger partial charge in [-0.25, -0.2) is 0 Å². The van der Waals surface area contributed by atoms with Crippen LogP contribution in [0.25, 0.3) is 54.9 Å². The second-order valence-electron chi connectivity index (χ2n) is 9.22. The van der Waals surface area contributed by atoms with Gasteiger partial charge in [0.1, 0.15) is 0 Å². The summed E-state index contributed by atoms with van der Waals surface area (Å²) < 4.78 is 5.51. The van der Waals surface area contributed by atoms with Crippen LogP contribution in [0.3, 0.4) is 0 Å². The molecular weight excluding hydrogens is 380 g/mol. The van der Waals surface area contributed by atoms with E-state index in [1.54, 1.807) is 0 Å². The minimum absolute atomic E-state index is 0.136. The van der Waals surface area contributed by atoms with Crippen LogP contribution in [0.5, 0.6) is 0 Å². The van der Waals surface area contributed by atoms with E-state index in [2.05, 4.69) is 110 Å². The number of rotatable bonds is 2. The molecule has 150 valence electrons. The van der Waals surface area contributed by atoms with Gasteiger partial charge in [0.2, 0.25) is 0 Å². The molecule has 0 radical (unpaired) electrons. The first-order valence-electron chi connectivity index (χ1n) is 10.6. The van der Waals surface area contributed by atoms with Crippen molar-refractivity contribution in [3.63, 3.8) is 0 Å². The first-order chi connectivity index (χ1) is 15.0. The van der Waals surface area contributed by atoms with E-state index < -0.39 is 0 Å². The van der Waals surface area contributed by atoms with Crippen molar-refractivity contribution >= 4 is 32.3 Å². The van der Waals surface area contributed by atoms with Crippen molar-refractivity contribution in [3.05, 3.63) is 84.7 Å². The average Bonchev–Trinajstić information content (AvgIpc) is 3.29. The van der Waals surface area contributed by atoms with E-state index in [1.165, 1.54) is 43.4 Å². The van der Waals surface area contributed by atoms with Crippen LogP contribution in [0.1, 0.15) is 26.6 Å². The Balaban J connectivity index is 1.48. The fourth-order valence-corrected chi connectivity index (χ4v) is 4.42. The van der Waals surface area contributed by atoms with Gasteiger partial charge in [0.25, 0.3) is 5.89 Å². The zero-order valence-corrected chi connectivity index (χ0v) is 17.8. The molecule has 0 spiro atoms. The molecule has 0 aliphatic carbocycles. The zero-order chi connectivity index (χ0) is 21.2. The molecule has 3 heteroatoms. The van der Waals surface area contributed by atoms with Crippen molar-refractivity contribution < 1.29 is 4.52 Å². The van der Waals surface area contributed by atoms with Gasteiger partial charge in [0.15, 0.2) is 5.82 Å². The van der Waals surface area contributed by atoms with Crippen LogP contribution in [0.15, 0.2) is 83.4 Å². The lowest BCUT2D eigenvalue weighted by Crippen LogP contribution is -2.13. The predicted octanol–water partition coefficient (Wildman–Crippen LogP) is 7.60. The summed E-state index contributed by atoms with van der Waals surface area (Å²) in [7, 11) is 0. The lowest BCUT2D eigenvalue weighted by Gasteiger charge is -2.14. The monoisotopic (exact) mass is 402 g/mol. The van der Waals surface area contributed by atoms with Gasteiger partial charge >= 0.3 is 0 Å². The number of hydrogen-bond donors (Lipinski definition) is 0. The molecule has 6 rings (SSSR count). The molecule has 0 aliphatic rings. The summed E-state index contributed by atoms with van der Waals surface area (Å²) in [5.41, 5.74) is 3.21. The van der Waals surface area contributed by atoms with Crippen molar-refractivity contribution in [1.29, 1.82) is 0 Å². The third-order valence-electron chi connectivity index (χ3n) is 6.07. The molecule has 3 nitrogen and oxygen atoms in total. The summed E-state index contributed by atoms with van der Waals surface area (Å²) in [4.78, 5) is 4.58. The van der Waals surface area contributed by atoms with Crippen LogP contribution in [-0.2, 0) is 5.41 Å². The molecule has 0 amide bonds. The summed E-state index contributed by atoms with van der Waals surface area (Å²) in [6.07, 6.45) is 0. The van der Waals surface area contributed by atoms with Crippen molar-refractivity contribution in [2.45, 2.75) is 26.2 Å². The Bertz CT molecular complexity index is 1540. The lowest BCUT2D eigenvalue weighted by atomic mass is 9.90. The Labute approximate surface area is 180 Å². The maximum absolute atomic E-state index is 5.51. The van der Waals surface area contributed by atoms with Gasteiger partial charge in [-0.2, -0.15) is 4.98 Å². The van der Waals surface area contributed by atoms with Gasteiger partial charge in [0.05, 0.1) is 0 Å². The van der Waals surface area contributed by atoms with Gasteiger partial charge in [0, 0.05) is 11.0 Å². The number of nitrogens with zero attached hydrogens (tertiary/aromatic N) is 2. The number of hydrogen-bond acceptors (Lipinski definition) is 3. The molecule has 0 saturated carbocycles. The maximum atomic E-state index is 5.51. The largest absolute Gasteiger partial charge is 0.334 e. The zero-order valence-electron chi connectivity index (χ0n) is 17.8. The second kappa shape index (κ2) is 6.39. The Hall–Kier alpha value is -3.72. The maximum Gasteiger partial charge on any atom is 0.257 e. The van der Waals surface area contributed by atoms with Crippen LogP contribution in [-0.4, -0.2) is 10.1 Å². The molecular formula is C28H22N2O. The normalized spacial score (nSPS) is 12.4. The molecule has 0 bridgehead atoms. The van der Waals surface area contributed by atoms with Gasteiger partial charge < -0.3 is 4.52 Å². The first kappa shape index (κ1) is 18.1. The highest BCUT2D eigenvalue weighted by molar-refractivity contribution is 6.25. The minimum Gasteiger partial charge on any atom is -0.334 e. The fraction of sp³-hybridized carbons (Fsp3) is 0.143. The molecule has 0 saturated heterocycles. The van der Waals surface area contributed by atoms with E-state index in [-0.39, 0.29) is 5.41 Å². The van der Waals surface area contributed by atoms with E-state index in [1.807, 2.05) is 0 Å². The molecule has 0 unspecified atom stereocenters. The molecule has 5 aromatic carbocycles. The number of benzene rings is 5. The Morgan fingerprint density at radius 1 is 0.645 bits per heavy atom. The molecule has 0 fully saturated rings. The third-order valence-corrected chi connectivity index (χ3v) is 6.07. The van der Waals surface area contributed by atoms with Crippen molar-refractivity contribution in [2.24, 2.45) is 0 Å². The first-order valence-corrected chi connectivity index (χ1v) is 10.6. The SMILES string of the molecule is CC(C)(C)c1noc(-c2ccc(-c3ccc4ccc5cccc6ccc3c4c56)cc2)n1. The Kier molecular flexibility index (Phi) is 3.73. The van der Waals surface area contributed by atoms with E-state index in [0.29, 0.717) is 5.89 Å². The van der Waals surface area contributed by atoms with E-state index in [4.69, 9.17) is 4.52 Å². The molecule has 1 aromatic heterocycles. The smallest absolute Gasteiger partial charge is 0.257 e. The van der Waals surface area contributed by atoms with Crippen LogP contribution >= 0.6 is 0 Å². The quantitative estimate of drug-likeness (QED) is 0.280. The Morgan fingerprint density at radius 2 is 1.26 bits per heavy atom. The fourth-order valence-electron chi connectivity index (χ4n) is 4.42. The summed E-state index contributed by atoms with van der Waals surface area (Å²) in [6.45, 7) is 6.25. The van der Waals surface area contributed by atoms with Crippen molar-refractivity contribution in [2.75, 3.05) is 0 Å². The average molecular weight is 402 g/mol. The van der Waals surface area contributed by atoms with Crippen LogP contribution in [0, 0.1) is 0 Å². The summed E-state index contributed by atoms with van der Waals surface area (Å²) in [6, 6.07) is 28.3. The third kappa shape index (κ3) is 2.81. The number of aromatic nitrogens is 2. The molecule has 31 heavy (non-hydrogen) atoms. The minimum atomic E-state index is -0.136. The van der Waals surface area contributed by atoms with E-state index in [0.717, 1.165) is 11.4 Å². The highest BCUT2D eigenvalue weighted by atomic mass is 16.5. The summed E-state index contributed by atoms with van der Waals surface area (Å²) in [5, 5.41) is 12.0. The standard InChI is InChI=1S/C28H22N2O/c1-28(2,3)27-29-26(31-30-27)21-11-7-17(8-12-21)22-15-13-20-10-9-18-5-4-6-19-14-16-23(22)25(20)24(18)19/h4-16H,1-3H3. The molecule has 6 aromatic rings. The van der Waals surface area contributed by atoms with Crippen molar-refractivity contribution in [1.82, 2.24) is 10.1 Å². The van der Waals surface area contributed by atoms with Gasteiger partial charge in [-0.15, -0.1) is 0 Å². The highest BCUT2D eigenvalue weighted by Gasteiger charge is 2.21. The van der Waals surface area contributed by atoms with E-state index in [9.17, 15) is 0 Å². The molecule has 0 aliphatic heterocycles. The molecule has 1 heterocycles. The van der Waals surface area contributed by atoms with Crippen LogP contribution in [0.4, 0.5) is 0 Å². The molecule has 0 atom stereocenters. The highest BCUT2D eigenvalue weighted by Crippen LogP contribution is 2.39. The second-order valence-corrected chi connectivity index (χ2v) is 9.22. The predicted molar refractivity (Wildman–Crippen MR) is 128 cm³/mol. The van der Waals surface area contributed by atoms with Gasteiger partial charge in [-0.05, 0) is 55.6 Å². The molecule has 0 N–H and O–H groups in total. The summed E-state index contributed by atoms with van der Waals surface area (Å²) in [5.74, 6) is 1.28. The van der Waals surface area contributed by atoms with Crippen LogP contribution in [0.2, 0.25) is 0 Å². The van der Waals surface area contributed by atoms with E-state index >= 15 is 0 Å².